The average Bonchev–Trinajstić information content (AvgIpc) is 3.27. The molecule has 4 heteroatoms. The summed E-state index contributed by atoms with van der Waals surface area (Å²) in [5.74, 6) is 1.46. The first-order valence-corrected chi connectivity index (χ1v) is 10.9. The van der Waals surface area contributed by atoms with Crippen molar-refractivity contribution in [3.05, 3.63) is 65.9 Å². The summed E-state index contributed by atoms with van der Waals surface area (Å²) >= 11 is 0. The summed E-state index contributed by atoms with van der Waals surface area (Å²) in [6.45, 7) is 2.03. The van der Waals surface area contributed by atoms with E-state index in [0.29, 0.717) is 11.8 Å². The highest BCUT2D eigenvalue weighted by molar-refractivity contribution is 7.85. The number of nitrogens with zero attached hydrogens (tertiary/aromatic N) is 1. The largest absolute Gasteiger partial charge is 0.358 e. The second kappa shape index (κ2) is 6.67. The van der Waals surface area contributed by atoms with Crippen LogP contribution in [-0.2, 0) is 17.2 Å². The van der Waals surface area contributed by atoms with Crippen molar-refractivity contribution in [3.63, 3.8) is 0 Å². The lowest BCUT2D eigenvalue weighted by Crippen LogP contribution is -2.31. The summed E-state index contributed by atoms with van der Waals surface area (Å²) in [5.41, 5.74) is 4.20. The van der Waals surface area contributed by atoms with E-state index in [1.165, 1.54) is 35.0 Å². The molecule has 0 saturated carbocycles. The Hall–Kier alpha value is -1.91. The molecular weight excluding hydrogens is 340 g/mol. The van der Waals surface area contributed by atoms with Gasteiger partial charge in [0.2, 0.25) is 0 Å². The Labute approximate surface area is 156 Å². The van der Waals surface area contributed by atoms with Crippen molar-refractivity contribution in [1.82, 2.24) is 9.88 Å². The van der Waals surface area contributed by atoms with E-state index in [9.17, 15) is 4.21 Å². The smallest absolute Gasteiger partial charge is 0.0542 e. The Morgan fingerprint density at radius 3 is 2.73 bits per heavy atom. The van der Waals surface area contributed by atoms with Crippen molar-refractivity contribution >= 4 is 21.7 Å². The molecule has 2 aliphatic rings. The van der Waals surface area contributed by atoms with E-state index in [1.54, 1.807) is 0 Å². The van der Waals surface area contributed by atoms with Crippen molar-refractivity contribution in [3.8, 4) is 0 Å². The topological polar surface area (TPSA) is 36.1 Å². The maximum atomic E-state index is 12.6. The van der Waals surface area contributed by atoms with Crippen LogP contribution in [-0.4, -0.2) is 32.9 Å². The number of aromatic amines is 1. The fraction of sp³-hybridized carbons (Fsp3) is 0.364. The first-order chi connectivity index (χ1) is 12.8. The predicted octanol–water partition coefficient (Wildman–Crippen LogP) is 4.28. The maximum absolute atomic E-state index is 12.6. The third-order valence-electron chi connectivity index (χ3n) is 6.09. The first-order valence-electron chi connectivity index (χ1n) is 9.58. The minimum absolute atomic E-state index is 0.489. The van der Waals surface area contributed by atoms with Crippen LogP contribution in [0.5, 0.6) is 0 Å². The van der Waals surface area contributed by atoms with E-state index in [1.807, 2.05) is 30.3 Å². The zero-order valence-corrected chi connectivity index (χ0v) is 15.7. The van der Waals surface area contributed by atoms with Gasteiger partial charge in [0.15, 0.2) is 0 Å². The number of likely N-dealkylation sites (tertiary alicyclic amines) is 1. The molecule has 2 heterocycles. The number of fused-ring (bicyclic) bond motifs is 5. The molecule has 1 saturated heterocycles. The normalized spacial score (nSPS) is 23.7. The molecule has 1 aliphatic heterocycles. The monoisotopic (exact) mass is 364 g/mol. The number of hydrogen-bond donors (Lipinski definition) is 1. The molecule has 0 bridgehead atoms. The highest BCUT2D eigenvalue weighted by atomic mass is 32.2. The van der Waals surface area contributed by atoms with Crippen molar-refractivity contribution < 1.29 is 4.21 Å². The van der Waals surface area contributed by atoms with Crippen LogP contribution in [0, 0.1) is 5.92 Å². The molecule has 1 aliphatic carbocycles. The molecule has 1 N–H and O–H groups in total. The number of aromatic nitrogens is 1. The van der Waals surface area contributed by atoms with Crippen LogP contribution < -0.4 is 0 Å². The molecule has 1 aromatic heterocycles. The number of hydrogen-bond acceptors (Lipinski definition) is 2. The molecule has 3 aromatic rings. The fourth-order valence-corrected chi connectivity index (χ4v) is 5.97. The van der Waals surface area contributed by atoms with Gasteiger partial charge in [-0.1, -0.05) is 36.4 Å². The van der Waals surface area contributed by atoms with Crippen LogP contribution in [0.25, 0.3) is 10.9 Å². The highest BCUT2D eigenvalue weighted by Gasteiger charge is 2.40. The van der Waals surface area contributed by atoms with Crippen LogP contribution in [0.3, 0.4) is 0 Å². The van der Waals surface area contributed by atoms with E-state index < -0.39 is 10.8 Å². The van der Waals surface area contributed by atoms with Gasteiger partial charge >= 0.3 is 0 Å². The summed E-state index contributed by atoms with van der Waals surface area (Å²) in [4.78, 5) is 7.18. The minimum atomic E-state index is -0.916. The van der Waals surface area contributed by atoms with Gasteiger partial charge in [0.1, 0.15) is 0 Å². The molecule has 26 heavy (non-hydrogen) atoms. The lowest BCUT2D eigenvalue weighted by molar-refractivity contribution is 0.227. The first kappa shape index (κ1) is 16.3. The maximum Gasteiger partial charge on any atom is 0.0542 e. The molecule has 0 spiro atoms. The van der Waals surface area contributed by atoms with Gasteiger partial charge < -0.3 is 4.98 Å². The number of para-hydroxylation sites is 1. The van der Waals surface area contributed by atoms with Crippen LogP contribution in [0.1, 0.15) is 30.1 Å². The number of benzene rings is 2. The highest BCUT2D eigenvalue weighted by Crippen LogP contribution is 2.47. The Bertz CT molecular complexity index is 949. The van der Waals surface area contributed by atoms with Gasteiger partial charge in [0.05, 0.1) is 10.8 Å². The predicted molar refractivity (Wildman–Crippen MR) is 107 cm³/mol. The van der Waals surface area contributed by atoms with Gasteiger partial charge in [0.25, 0.3) is 0 Å². The second-order valence-electron chi connectivity index (χ2n) is 7.49. The Morgan fingerprint density at radius 2 is 1.85 bits per heavy atom. The zero-order valence-electron chi connectivity index (χ0n) is 14.9. The van der Waals surface area contributed by atoms with E-state index in [4.69, 9.17) is 0 Å². The van der Waals surface area contributed by atoms with Gasteiger partial charge in [-0.05, 0) is 55.5 Å². The SMILES string of the molecule is O=S(CCN1CC[C@@H]2CCc3[nH]c4ccccc4c3[C@@H]21)c1ccccc1. The Kier molecular flexibility index (Phi) is 4.18. The molecule has 3 nitrogen and oxygen atoms in total. The molecule has 134 valence electrons. The van der Waals surface area contributed by atoms with Crippen molar-refractivity contribution in [2.24, 2.45) is 5.92 Å². The van der Waals surface area contributed by atoms with Crippen molar-refractivity contribution in [1.29, 1.82) is 0 Å². The van der Waals surface area contributed by atoms with Gasteiger partial charge in [-0.3, -0.25) is 9.11 Å². The summed E-state index contributed by atoms with van der Waals surface area (Å²) in [5, 5.41) is 1.38. The van der Waals surface area contributed by atoms with Gasteiger partial charge in [0, 0.05) is 39.8 Å². The molecule has 1 unspecified atom stereocenters. The van der Waals surface area contributed by atoms with Crippen LogP contribution in [0.4, 0.5) is 0 Å². The molecule has 5 rings (SSSR count). The zero-order chi connectivity index (χ0) is 17.5. The molecular formula is C22H24N2OS. The molecule has 1 fully saturated rings. The minimum Gasteiger partial charge on any atom is -0.358 e. The lowest BCUT2D eigenvalue weighted by Gasteiger charge is -2.32. The van der Waals surface area contributed by atoms with Crippen molar-refractivity contribution in [2.45, 2.75) is 30.2 Å². The molecule has 0 amide bonds. The Balaban J connectivity index is 1.40. The standard InChI is InChI=1S/C22H24N2OS/c25-26(17-6-2-1-3-7-17)15-14-24-13-12-16-10-11-20-21(22(16)24)18-8-4-5-9-19(18)23-20/h1-9,16,22-23H,10-15H2/t16-,22+,26?/m0/s1. The summed E-state index contributed by atoms with van der Waals surface area (Å²) in [7, 11) is -0.916. The summed E-state index contributed by atoms with van der Waals surface area (Å²) in [6.07, 6.45) is 3.69. The summed E-state index contributed by atoms with van der Waals surface area (Å²) < 4.78 is 12.6. The quantitative estimate of drug-likeness (QED) is 0.750. The number of H-pyrrole nitrogens is 1. The van der Waals surface area contributed by atoms with Gasteiger partial charge in [-0.25, -0.2) is 0 Å². The van der Waals surface area contributed by atoms with Gasteiger partial charge in [-0.15, -0.1) is 0 Å². The van der Waals surface area contributed by atoms with Crippen LogP contribution in [0.15, 0.2) is 59.5 Å². The summed E-state index contributed by atoms with van der Waals surface area (Å²) in [6, 6.07) is 19.0. The molecule has 0 radical (unpaired) electrons. The van der Waals surface area contributed by atoms with Crippen molar-refractivity contribution in [2.75, 3.05) is 18.8 Å². The number of nitrogens with one attached hydrogen (secondary N) is 1. The van der Waals surface area contributed by atoms with E-state index in [-0.39, 0.29) is 0 Å². The Morgan fingerprint density at radius 1 is 1.04 bits per heavy atom. The van der Waals surface area contributed by atoms with Crippen LogP contribution in [0.2, 0.25) is 0 Å². The average molecular weight is 365 g/mol. The van der Waals surface area contributed by atoms with E-state index in [2.05, 4.69) is 34.1 Å². The van der Waals surface area contributed by atoms with Gasteiger partial charge in [-0.2, -0.15) is 0 Å². The second-order valence-corrected chi connectivity index (χ2v) is 9.06. The van der Waals surface area contributed by atoms with E-state index in [0.717, 1.165) is 30.3 Å². The molecule has 2 aromatic carbocycles. The van der Waals surface area contributed by atoms with E-state index >= 15 is 0 Å². The number of rotatable bonds is 4. The molecule has 3 atom stereocenters. The fourth-order valence-electron chi connectivity index (χ4n) is 4.87. The lowest BCUT2D eigenvalue weighted by atomic mass is 9.82. The third-order valence-corrected chi connectivity index (χ3v) is 7.44. The number of aryl methyl sites for hydroxylation is 1. The third kappa shape index (κ3) is 2.72. The van der Waals surface area contributed by atoms with Crippen LogP contribution >= 0.6 is 0 Å².